The molecular weight excluding hydrogens is 224 g/mol. The van der Waals surface area contributed by atoms with Gasteiger partial charge in [-0.1, -0.05) is 19.1 Å². The molecule has 1 fully saturated rings. The normalized spacial score (nSPS) is 25.6. The molecule has 1 rings (SSSR count). The minimum absolute atomic E-state index is 0.244. The highest BCUT2D eigenvalue weighted by Gasteiger charge is 2.39. The number of nitrogens with two attached hydrogens (primary N) is 1. The number of rotatable bonds is 1. The first-order valence-corrected chi connectivity index (χ1v) is 5.83. The van der Waals surface area contributed by atoms with E-state index in [2.05, 4.69) is 0 Å². The van der Waals surface area contributed by atoms with E-state index in [4.69, 9.17) is 22.7 Å². The number of amides is 1. The van der Waals surface area contributed by atoms with Crippen LogP contribution in [-0.4, -0.2) is 34.7 Å². The third-order valence-corrected chi connectivity index (χ3v) is 3.21. The predicted molar refractivity (Wildman–Crippen MR) is 67.3 cm³/mol. The molecule has 5 heteroatoms. The van der Waals surface area contributed by atoms with Crippen LogP contribution in [0.2, 0.25) is 0 Å². The van der Waals surface area contributed by atoms with Gasteiger partial charge in [0.05, 0.1) is 4.99 Å². The van der Waals surface area contributed by atoms with E-state index in [1.165, 1.54) is 0 Å². The lowest BCUT2D eigenvalue weighted by Gasteiger charge is -2.26. The average molecular weight is 244 g/mol. The van der Waals surface area contributed by atoms with Crippen LogP contribution in [-0.2, 0) is 4.74 Å². The molecule has 0 aromatic rings. The van der Waals surface area contributed by atoms with Gasteiger partial charge < -0.3 is 15.4 Å². The number of hydrogen-bond acceptors (Lipinski definition) is 3. The van der Waals surface area contributed by atoms with Gasteiger partial charge in [0, 0.05) is 18.5 Å². The monoisotopic (exact) mass is 244 g/mol. The van der Waals surface area contributed by atoms with Crippen molar-refractivity contribution in [3.05, 3.63) is 0 Å². The van der Waals surface area contributed by atoms with Crippen molar-refractivity contribution in [1.82, 2.24) is 4.90 Å². The van der Waals surface area contributed by atoms with Crippen molar-refractivity contribution in [2.45, 2.75) is 39.7 Å². The smallest absolute Gasteiger partial charge is 0.410 e. The SMILES string of the molecule is CC(C)(C)OC(=O)N1CCC(C)(C(N)=S)C1. The zero-order chi connectivity index (χ0) is 12.6. The van der Waals surface area contributed by atoms with Crippen LogP contribution < -0.4 is 5.73 Å². The van der Waals surface area contributed by atoms with E-state index in [1.54, 1.807) is 4.90 Å². The largest absolute Gasteiger partial charge is 0.444 e. The Bertz CT molecular complexity index is 312. The van der Waals surface area contributed by atoms with Crippen LogP contribution in [0.25, 0.3) is 0 Å². The van der Waals surface area contributed by atoms with Gasteiger partial charge in [0.1, 0.15) is 5.60 Å². The molecule has 1 saturated heterocycles. The molecule has 16 heavy (non-hydrogen) atoms. The molecule has 4 nitrogen and oxygen atoms in total. The Labute approximate surface area is 102 Å². The second-order valence-corrected chi connectivity index (χ2v) is 6.02. The Balaban J connectivity index is 2.60. The van der Waals surface area contributed by atoms with Gasteiger partial charge in [0.2, 0.25) is 0 Å². The van der Waals surface area contributed by atoms with Crippen LogP contribution in [0.4, 0.5) is 4.79 Å². The Hall–Kier alpha value is -0.840. The summed E-state index contributed by atoms with van der Waals surface area (Å²) in [5, 5.41) is 0. The summed E-state index contributed by atoms with van der Waals surface area (Å²) in [6, 6.07) is 0. The Morgan fingerprint density at radius 1 is 1.50 bits per heavy atom. The number of hydrogen-bond donors (Lipinski definition) is 1. The molecule has 0 aliphatic carbocycles. The van der Waals surface area contributed by atoms with Crippen LogP contribution in [0.5, 0.6) is 0 Å². The molecule has 1 unspecified atom stereocenters. The molecule has 1 aliphatic rings. The zero-order valence-electron chi connectivity index (χ0n) is 10.4. The van der Waals surface area contributed by atoms with Gasteiger partial charge in [-0.25, -0.2) is 4.79 Å². The van der Waals surface area contributed by atoms with Crippen LogP contribution in [0, 0.1) is 5.41 Å². The van der Waals surface area contributed by atoms with Crippen LogP contribution in [0.1, 0.15) is 34.1 Å². The summed E-state index contributed by atoms with van der Waals surface area (Å²) in [7, 11) is 0. The Morgan fingerprint density at radius 2 is 2.06 bits per heavy atom. The standard InChI is InChI=1S/C11H20N2O2S/c1-10(2,3)15-9(14)13-6-5-11(4,7-13)8(12)16/h5-7H2,1-4H3,(H2,12,16). The number of ether oxygens (including phenoxy) is 1. The fourth-order valence-electron chi connectivity index (χ4n) is 1.64. The quantitative estimate of drug-likeness (QED) is 0.716. The second-order valence-electron chi connectivity index (χ2n) is 5.58. The van der Waals surface area contributed by atoms with E-state index >= 15 is 0 Å². The highest BCUT2D eigenvalue weighted by molar-refractivity contribution is 7.80. The molecule has 2 N–H and O–H groups in total. The second kappa shape index (κ2) is 4.20. The summed E-state index contributed by atoms with van der Waals surface area (Å²) in [5.74, 6) is 0. The number of carbonyl (C=O) groups excluding carboxylic acids is 1. The lowest BCUT2D eigenvalue weighted by atomic mass is 9.90. The van der Waals surface area contributed by atoms with E-state index in [0.29, 0.717) is 18.1 Å². The summed E-state index contributed by atoms with van der Waals surface area (Å²) >= 11 is 5.02. The Morgan fingerprint density at radius 3 is 2.44 bits per heavy atom. The highest BCUT2D eigenvalue weighted by Crippen LogP contribution is 2.31. The van der Waals surface area contributed by atoms with E-state index < -0.39 is 5.60 Å². The molecule has 0 bridgehead atoms. The molecule has 92 valence electrons. The maximum atomic E-state index is 11.8. The zero-order valence-corrected chi connectivity index (χ0v) is 11.2. The van der Waals surface area contributed by atoms with Gasteiger partial charge >= 0.3 is 6.09 Å². The Kier molecular flexibility index (Phi) is 3.47. The van der Waals surface area contributed by atoms with Crippen LogP contribution in [0.15, 0.2) is 0 Å². The summed E-state index contributed by atoms with van der Waals surface area (Å²) < 4.78 is 5.30. The lowest BCUT2D eigenvalue weighted by molar-refractivity contribution is 0.0284. The topological polar surface area (TPSA) is 55.6 Å². The molecule has 0 saturated carbocycles. The van der Waals surface area contributed by atoms with Crippen LogP contribution >= 0.6 is 12.2 Å². The minimum Gasteiger partial charge on any atom is -0.444 e. The molecule has 0 spiro atoms. The van der Waals surface area contributed by atoms with E-state index in [1.807, 2.05) is 27.7 Å². The number of nitrogens with zero attached hydrogens (tertiary/aromatic N) is 1. The first kappa shape index (κ1) is 13.2. The van der Waals surface area contributed by atoms with Gasteiger partial charge in [-0.3, -0.25) is 0 Å². The first-order valence-electron chi connectivity index (χ1n) is 5.42. The molecular formula is C11H20N2O2S. The van der Waals surface area contributed by atoms with Gasteiger partial charge in [-0.05, 0) is 27.2 Å². The molecule has 0 aromatic heterocycles. The van der Waals surface area contributed by atoms with Crippen molar-refractivity contribution in [1.29, 1.82) is 0 Å². The third-order valence-electron chi connectivity index (χ3n) is 2.72. The molecule has 1 aliphatic heterocycles. The van der Waals surface area contributed by atoms with Crippen molar-refractivity contribution in [3.63, 3.8) is 0 Å². The number of carbonyl (C=O) groups is 1. The van der Waals surface area contributed by atoms with E-state index in [9.17, 15) is 4.79 Å². The summed E-state index contributed by atoms with van der Waals surface area (Å²) in [6.45, 7) is 8.76. The fraction of sp³-hybridized carbons (Fsp3) is 0.818. The van der Waals surface area contributed by atoms with Crippen molar-refractivity contribution in [3.8, 4) is 0 Å². The van der Waals surface area contributed by atoms with Crippen molar-refractivity contribution >= 4 is 23.3 Å². The van der Waals surface area contributed by atoms with E-state index in [0.717, 1.165) is 6.42 Å². The third kappa shape index (κ3) is 3.07. The summed E-state index contributed by atoms with van der Waals surface area (Å²) in [6.07, 6.45) is 0.522. The van der Waals surface area contributed by atoms with Gasteiger partial charge in [0.25, 0.3) is 0 Å². The van der Waals surface area contributed by atoms with Crippen molar-refractivity contribution < 1.29 is 9.53 Å². The average Bonchev–Trinajstić information content (AvgIpc) is 2.46. The van der Waals surface area contributed by atoms with Crippen LogP contribution in [0.3, 0.4) is 0 Å². The summed E-state index contributed by atoms with van der Waals surface area (Å²) in [4.78, 5) is 13.9. The van der Waals surface area contributed by atoms with Gasteiger partial charge in [0.15, 0.2) is 0 Å². The summed E-state index contributed by atoms with van der Waals surface area (Å²) in [5.41, 5.74) is 4.97. The maximum absolute atomic E-state index is 11.8. The van der Waals surface area contributed by atoms with Crippen molar-refractivity contribution in [2.75, 3.05) is 13.1 Å². The van der Waals surface area contributed by atoms with Gasteiger partial charge in [-0.15, -0.1) is 0 Å². The minimum atomic E-state index is -0.459. The molecule has 0 aromatic carbocycles. The van der Waals surface area contributed by atoms with Gasteiger partial charge in [-0.2, -0.15) is 0 Å². The molecule has 1 heterocycles. The number of thiocarbonyl (C=S) groups is 1. The molecule has 1 atom stereocenters. The molecule has 1 amide bonds. The lowest BCUT2D eigenvalue weighted by Crippen LogP contribution is -2.39. The maximum Gasteiger partial charge on any atom is 0.410 e. The number of likely N-dealkylation sites (tertiary alicyclic amines) is 1. The fourth-order valence-corrected chi connectivity index (χ4v) is 1.81. The predicted octanol–water partition coefficient (Wildman–Crippen LogP) is 1.92. The first-order chi connectivity index (χ1) is 7.14. The highest BCUT2D eigenvalue weighted by atomic mass is 32.1. The van der Waals surface area contributed by atoms with Crippen molar-refractivity contribution in [2.24, 2.45) is 11.1 Å². The molecule has 0 radical (unpaired) electrons. The van der Waals surface area contributed by atoms with E-state index in [-0.39, 0.29) is 11.5 Å².